The Morgan fingerprint density at radius 1 is 0.344 bits per heavy atom. The van der Waals surface area contributed by atoms with Gasteiger partial charge in [-0.1, -0.05) is 0 Å². The van der Waals surface area contributed by atoms with E-state index in [1.165, 1.54) is 48.5 Å². The maximum atomic E-state index is 11.5. The fourth-order valence-corrected chi connectivity index (χ4v) is 27.2. The number of nitrogens with one attached hydrogen (secondary N) is 2. The average molecular weight is 907 g/mol. The van der Waals surface area contributed by atoms with Gasteiger partial charge in [-0.05, 0) is 72.8 Å². The molecule has 2 aliphatic rings. The van der Waals surface area contributed by atoms with E-state index in [9.17, 15) is 39.6 Å². The van der Waals surface area contributed by atoms with E-state index in [1.807, 2.05) is 48.6 Å². The summed E-state index contributed by atoms with van der Waals surface area (Å²) < 4.78 is 3.33. The molecule has 4 aromatic carbocycles. The number of aromatic nitrogens is 4. The third-order valence-electron chi connectivity index (χ3n) is 11.3. The van der Waals surface area contributed by atoms with E-state index in [1.54, 1.807) is 48.5 Å². The van der Waals surface area contributed by atoms with E-state index in [0.717, 1.165) is 57.3 Å². The van der Waals surface area contributed by atoms with Crippen molar-refractivity contribution >= 4 is 82.7 Å². The third-order valence-corrected chi connectivity index (χ3v) is 30.7. The van der Waals surface area contributed by atoms with Crippen LogP contribution in [0, 0.1) is 0 Å². The normalized spacial score (nSPS) is 11.4. The van der Waals surface area contributed by atoms with Crippen LogP contribution in [0.5, 0.6) is 0 Å². The van der Waals surface area contributed by atoms with Crippen LogP contribution in [0.3, 0.4) is 0 Å². The fraction of sp³-hybridized carbons (Fsp3) is 0. The molecule has 0 amide bonds. The Morgan fingerprint density at radius 3 is 0.754 bits per heavy atom. The van der Waals surface area contributed by atoms with Crippen LogP contribution in [0.25, 0.3) is 46.4 Å². The Bertz CT molecular complexity index is 2670. The van der Waals surface area contributed by atoms with Crippen molar-refractivity contribution in [1.82, 2.24) is 19.9 Å². The molecule has 296 valence electrons. The molecule has 2 aliphatic heterocycles. The van der Waals surface area contributed by atoms with Gasteiger partial charge in [-0.25, -0.2) is 9.97 Å². The number of H-pyrrole nitrogens is 2. The van der Waals surface area contributed by atoms with Gasteiger partial charge in [-0.15, -0.1) is 0 Å². The molecule has 9 rings (SSSR count). The minimum atomic E-state index is -4.70. The van der Waals surface area contributed by atoms with Gasteiger partial charge in [0.25, 0.3) is 0 Å². The van der Waals surface area contributed by atoms with Gasteiger partial charge in [-0.3, -0.25) is 0 Å². The molecular formula is C48H34CdN4O8. The number of rotatable bonds is 8. The summed E-state index contributed by atoms with van der Waals surface area (Å²) in [5.74, 6) is -4.34. The Hall–Kier alpha value is -7.72. The van der Waals surface area contributed by atoms with Gasteiger partial charge in [-0.2, -0.15) is 0 Å². The molecule has 0 unspecified atom stereocenters. The number of fused-ring (bicyclic) bond motifs is 8. The second kappa shape index (κ2) is 16.9. The van der Waals surface area contributed by atoms with E-state index in [4.69, 9.17) is 0 Å². The summed E-state index contributed by atoms with van der Waals surface area (Å²) in [4.78, 5) is 62.1. The minimum absolute atomic E-state index is 0.0936. The van der Waals surface area contributed by atoms with Gasteiger partial charge in [0.2, 0.25) is 0 Å². The molecule has 13 heteroatoms. The molecule has 0 radical (unpaired) electrons. The quantitative estimate of drug-likeness (QED) is 0.0871. The van der Waals surface area contributed by atoms with E-state index in [2.05, 4.69) is 44.2 Å². The van der Waals surface area contributed by atoms with Crippen molar-refractivity contribution in [1.29, 1.82) is 0 Å². The van der Waals surface area contributed by atoms with Gasteiger partial charge in [0.1, 0.15) is 0 Å². The number of carboxylic acid groups (broad SMARTS) is 4. The number of nitrogens with zero attached hydrogens (tertiary/aromatic N) is 2. The second-order valence-electron chi connectivity index (χ2n) is 15.0. The first kappa shape index (κ1) is 40.1. The van der Waals surface area contributed by atoms with Crippen molar-refractivity contribution in [2.75, 3.05) is 0 Å². The molecule has 0 fully saturated rings. The Labute approximate surface area is 352 Å². The number of aromatic amines is 2. The van der Waals surface area contributed by atoms with Crippen molar-refractivity contribution in [3.63, 3.8) is 0 Å². The van der Waals surface area contributed by atoms with Crippen LogP contribution < -0.4 is 12.5 Å². The maximum absolute atomic E-state index is 11.5. The molecule has 0 saturated carbocycles. The predicted molar refractivity (Wildman–Crippen MR) is 231 cm³/mol. The van der Waals surface area contributed by atoms with Crippen molar-refractivity contribution in [2.24, 2.45) is 0 Å². The van der Waals surface area contributed by atoms with Crippen LogP contribution in [-0.4, -0.2) is 64.2 Å². The molecule has 7 aromatic rings. The summed E-state index contributed by atoms with van der Waals surface area (Å²) in [6.07, 6.45) is 8.09. The molecule has 0 saturated heterocycles. The number of carboxylic acids is 4. The van der Waals surface area contributed by atoms with E-state index < -0.39 is 45.0 Å². The number of carbonyl (C=O) groups is 4. The predicted octanol–water partition coefficient (Wildman–Crippen LogP) is 6.89. The zero-order valence-electron chi connectivity index (χ0n) is 32.2. The summed E-state index contributed by atoms with van der Waals surface area (Å²) >= 11 is -4.70. The molecule has 12 nitrogen and oxygen atoms in total. The van der Waals surface area contributed by atoms with Gasteiger partial charge >= 0.3 is 216 Å². The Morgan fingerprint density at radius 2 is 0.557 bits per heavy atom. The molecular weight excluding hydrogens is 873 g/mol. The summed E-state index contributed by atoms with van der Waals surface area (Å²) in [6, 6.07) is 42.2. The Balaban J connectivity index is 0.000000183. The van der Waals surface area contributed by atoms with E-state index >= 15 is 0 Å². The third kappa shape index (κ3) is 8.56. The SMILES string of the molecule is C1=Cc2cc3ccc(cc4nc(cc5ccc(cc1n2)[nH]5)C=C4)[nH]3.O=C(O)c1cc[c]([Cd]([c]2ccc(C(=O)O)cc2)([c]2ccc(C(=O)O)cc2)[c]2ccc(C(=O)O)cc2)cc1. The van der Waals surface area contributed by atoms with Crippen molar-refractivity contribution in [2.45, 2.75) is 0 Å². The number of hydrogen-bond donors (Lipinski definition) is 6. The van der Waals surface area contributed by atoms with Gasteiger partial charge in [0.05, 0.1) is 22.8 Å². The van der Waals surface area contributed by atoms with Crippen LogP contribution in [0.2, 0.25) is 0 Å². The first-order chi connectivity index (χ1) is 29.4. The molecule has 0 atom stereocenters. The van der Waals surface area contributed by atoms with Crippen molar-refractivity contribution in [3.8, 4) is 0 Å². The van der Waals surface area contributed by atoms with Crippen molar-refractivity contribution < 1.29 is 60.8 Å². The fourth-order valence-electron chi connectivity index (χ4n) is 8.36. The zero-order valence-corrected chi connectivity index (χ0v) is 36.2. The molecule has 6 N–H and O–H groups in total. The van der Waals surface area contributed by atoms with Crippen LogP contribution in [0.15, 0.2) is 146 Å². The van der Waals surface area contributed by atoms with Crippen molar-refractivity contribution in [3.05, 3.63) is 191 Å². The number of aromatic carboxylic acids is 4. The monoisotopic (exact) mass is 908 g/mol. The summed E-state index contributed by atoms with van der Waals surface area (Å²) in [5, 5.41) is 37.7. The summed E-state index contributed by atoms with van der Waals surface area (Å²) in [7, 11) is 0. The zero-order chi connectivity index (χ0) is 42.7. The second-order valence-corrected chi connectivity index (χ2v) is 30.4. The summed E-state index contributed by atoms with van der Waals surface area (Å²) in [5.41, 5.74) is 8.23. The number of benzene rings is 4. The van der Waals surface area contributed by atoms with E-state index in [-0.39, 0.29) is 22.3 Å². The summed E-state index contributed by atoms with van der Waals surface area (Å²) in [6.45, 7) is 0. The molecule has 5 heterocycles. The first-order valence-corrected chi connectivity index (χ1v) is 27.3. The number of hydrogen-bond acceptors (Lipinski definition) is 6. The molecule has 61 heavy (non-hydrogen) atoms. The van der Waals surface area contributed by atoms with Gasteiger partial charge in [0, 0.05) is 22.1 Å². The average Bonchev–Trinajstić information content (AvgIpc) is 4.10. The molecule has 0 spiro atoms. The van der Waals surface area contributed by atoms with Crippen LogP contribution in [0.4, 0.5) is 0 Å². The molecule has 8 bridgehead atoms. The standard InChI is InChI=1S/C20H14N4.4C7H5O2.Cd/c1-2-14-10-16-5-6-18(23-16)12-20-8-7-19(24-20)11-17-4-3-15(22-17)9-13(1)21-14;4*8-7(9)6-4-2-1-3-5-6;/h1-12,21,24H;4*2-5H,(H,8,9);. The van der Waals surface area contributed by atoms with Gasteiger partial charge in [0.15, 0.2) is 0 Å². The molecule has 3 aromatic heterocycles. The van der Waals surface area contributed by atoms with Crippen LogP contribution in [0.1, 0.15) is 64.2 Å². The Kier molecular flexibility index (Phi) is 11.1. The molecule has 0 aliphatic carbocycles. The topological polar surface area (TPSA) is 207 Å². The van der Waals surface area contributed by atoms with Gasteiger partial charge < -0.3 is 9.97 Å². The van der Waals surface area contributed by atoms with Crippen LogP contribution in [-0.2, 0) is 21.2 Å². The van der Waals surface area contributed by atoms with Crippen LogP contribution >= 0.6 is 0 Å². The first-order valence-electron chi connectivity index (χ1n) is 19.3. The van der Waals surface area contributed by atoms with E-state index in [0.29, 0.717) is 0 Å².